The van der Waals surface area contributed by atoms with Gasteiger partial charge >= 0.3 is 6.18 Å². The second-order valence-electron chi connectivity index (χ2n) is 7.79. The molecule has 1 saturated heterocycles. The van der Waals surface area contributed by atoms with Gasteiger partial charge in [-0.2, -0.15) is 18.3 Å². The van der Waals surface area contributed by atoms with E-state index in [0.717, 1.165) is 11.8 Å². The molecule has 0 radical (unpaired) electrons. The largest absolute Gasteiger partial charge is 0.416 e. The number of nitrogens with zero attached hydrogens (tertiary/aromatic N) is 5. The molecule has 0 bridgehead atoms. The summed E-state index contributed by atoms with van der Waals surface area (Å²) in [7, 11) is 0. The van der Waals surface area contributed by atoms with Gasteiger partial charge in [-0.1, -0.05) is 6.07 Å². The third-order valence-electron chi connectivity index (χ3n) is 5.69. The summed E-state index contributed by atoms with van der Waals surface area (Å²) >= 11 is 5.49. The monoisotopic (exact) mass is 476 g/mol. The first-order valence-electron chi connectivity index (χ1n) is 10.5. The lowest BCUT2D eigenvalue weighted by Crippen LogP contribution is -2.51. The summed E-state index contributed by atoms with van der Waals surface area (Å²) in [5.41, 5.74) is 4.90. The van der Waals surface area contributed by atoms with Crippen LogP contribution in [0.1, 0.15) is 24.6 Å². The number of alkyl halides is 3. The fourth-order valence-corrected chi connectivity index (χ4v) is 4.19. The number of thiocarbonyl (C=S) groups is 1. The van der Waals surface area contributed by atoms with Gasteiger partial charge in [-0.25, -0.2) is 0 Å². The molecule has 1 aromatic heterocycles. The molecule has 11 heteroatoms. The zero-order valence-electron chi connectivity index (χ0n) is 18.0. The number of carbonyl (C=O) groups is 1. The minimum Gasteiger partial charge on any atom is -0.368 e. The predicted octanol–water partition coefficient (Wildman–Crippen LogP) is 3.26. The molecule has 1 aromatic carbocycles. The minimum absolute atomic E-state index is 0.0505. The van der Waals surface area contributed by atoms with Gasteiger partial charge in [0.25, 0.3) is 0 Å². The van der Waals surface area contributed by atoms with Crippen molar-refractivity contribution in [3.05, 3.63) is 53.9 Å². The number of benzene rings is 1. The van der Waals surface area contributed by atoms with Crippen molar-refractivity contribution in [1.29, 1.82) is 0 Å². The number of anilines is 2. The van der Waals surface area contributed by atoms with Gasteiger partial charge in [-0.3, -0.25) is 15.2 Å². The van der Waals surface area contributed by atoms with Crippen LogP contribution in [0.2, 0.25) is 0 Å². The highest BCUT2D eigenvalue weighted by Gasteiger charge is 2.31. The Bertz CT molecular complexity index is 1080. The number of hydrogen-bond acceptors (Lipinski definition) is 5. The van der Waals surface area contributed by atoms with Crippen molar-refractivity contribution >= 4 is 40.3 Å². The summed E-state index contributed by atoms with van der Waals surface area (Å²) in [4.78, 5) is 21.8. The number of piperazine rings is 1. The Kier molecular flexibility index (Phi) is 6.50. The van der Waals surface area contributed by atoms with Crippen LogP contribution >= 0.6 is 12.2 Å². The van der Waals surface area contributed by atoms with Crippen molar-refractivity contribution < 1.29 is 18.0 Å². The number of amides is 1. The van der Waals surface area contributed by atoms with Gasteiger partial charge < -0.3 is 14.7 Å². The molecule has 4 rings (SSSR count). The minimum atomic E-state index is -4.36. The smallest absolute Gasteiger partial charge is 0.368 e. The van der Waals surface area contributed by atoms with Crippen molar-refractivity contribution in [2.24, 2.45) is 5.10 Å². The Morgan fingerprint density at radius 2 is 1.88 bits per heavy atom. The van der Waals surface area contributed by atoms with Crippen LogP contribution in [0, 0.1) is 0 Å². The van der Waals surface area contributed by atoms with E-state index in [-0.39, 0.29) is 5.91 Å². The first-order valence-corrected chi connectivity index (χ1v) is 10.9. The average molecular weight is 477 g/mol. The highest BCUT2D eigenvalue weighted by Crippen LogP contribution is 2.32. The molecule has 1 fully saturated rings. The molecular weight excluding hydrogens is 453 g/mol. The van der Waals surface area contributed by atoms with E-state index in [1.54, 1.807) is 23.2 Å². The summed E-state index contributed by atoms with van der Waals surface area (Å²) in [6.07, 6.45) is -2.16. The van der Waals surface area contributed by atoms with E-state index >= 15 is 0 Å². The van der Waals surface area contributed by atoms with Crippen LogP contribution in [-0.2, 0) is 11.0 Å². The van der Waals surface area contributed by atoms with Crippen molar-refractivity contribution in [3.63, 3.8) is 0 Å². The highest BCUT2D eigenvalue weighted by molar-refractivity contribution is 7.80. The average Bonchev–Trinajstić information content (AvgIpc) is 2.81. The van der Waals surface area contributed by atoms with Gasteiger partial charge in [-0.05, 0) is 42.5 Å². The van der Waals surface area contributed by atoms with Gasteiger partial charge in [0.2, 0.25) is 5.91 Å². The number of hydrazone groups is 1. The van der Waals surface area contributed by atoms with Crippen LogP contribution in [0.4, 0.5) is 24.5 Å². The molecule has 0 atom stereocenters. The van der Waals surface area contributed by atoms with Gasteiger partial charge in [0, 0.05) is 58.0 Å². The molecule has 0 unspecified atom stereocenters. The Labute approximate surface area is 194 Å². The van der Waals surface area contributed by atoms with Gasteiger partial charge in [-0.15, -0.1) is 0 Å². The van der Waals surface area contributed by atoms with Crippen LogP contribution in [0.15, 0.2) is 47.7 Å². The van der Waals surface area contributed by atoms with E-state index in [2.05, 4.69) is 15.5 Å². The molecule has 3 heterocycles. The molecule has 7 nitrogen and oxygen atoms in total. The molecule has 1 amide bonds. The molecule has 2 aliphatic rings. The lowest BCUT2D eigenvalue weighted by atomic mass is 10.1. The van der Waals surface area contributed by atoms with Crippen molar-refractivity contribution in [2.45, 2.75) is 19.5 Å². The Hall–Kier alpha value is -3.21. The number of aromatic nitrogens is 1. The predicted molar refractivity (Wildman–Crippen MR) is 124 cm³/mol. The molecular formula is C22H23F3N6OS. The molecule has 1 N–H and O–H groups in total. The van der Waals surface area contributed by atoms with Crippen molar-refractivity contribution in [3.8, 4) is 0 Å². The summed E-state index contributed by atoms with van der Waals surface area (Å²) in [6.45, 7) is 4.22. The Morgan fingerprint density at radius 3 is 2.58 bits per heavy atom. The number of carbonyl (C=O) groups excluding carboxylic acids is 1. The molecule has 0 saturated carbocycles. The van der Waals surface area contributed by atoms with Crippen molar-refractivity contribution in [1.82, 2.24) is 15.3 Å². The van der Waals surface area contributed by atoms with E-state index in [1.807, 2.05) is 15.9 Å². The Balaban J connectivity index is 1.38. The molecule has 174 valence electrons. The van der Waals surface area contributed by atoms with Crippen LogP contribution < -0.4 is 15.2 Å². The zero-order valence-corrected chi connectivity index (χ0v) is 18.8. The van der Waals surface area contributed by atoms with E-state index in [4.69, 9.17) is 12.2 Å². The van der Waals surface area contributed by atoms with E-state index in [1.165, 1.54) is 19.1 Å². The SMILES string of the molecule is CC(=O)N1CC/C(=N/NC(=S)N2CCN(c3cccc(C(F)(F)F)c3)CC2)c2ncccc21. The summed E-state index contributed by atoms with van der Waals surface area (Å²) in [5.74, 6) is -0.0505. The molecule has 2 aliphatic heterocycles. The Morgan fingerprint density at radius 1 is 1.12 bits per heavy atom. The third-order valence-corrected chi connectivity index (χ3v) is 6.04. The van der Waals surface area contributed by atoms with E-state index in [9.17, 15) is 18.0 Å². The molecule has 2 aromatic rings. The van der Waals surface area contributed by atoms with E-state index in [0.29, 0.717) is 61.4 Å². The number of rotatable bonds is 2. The maximum atomic E-state index is 13.0. The molecule has 0 aliphatic carbocycles. The maximum absolute atomic E-state index is 13.0. The standard InChI is InChI=1S/C22H23F3N6OS/c1-15(32)31-9-7-18(20-19(31)6-3-8-26-20)27-28-21(33)30-12-10-29(11-13-30)17-5-2-4-16(14-17)22(23,24)25/h2-6,8,14H,7,9-13H2,1H3,(H,28,33)/b27-18-. The number of pyridine rings is 1. The maximum Gasteiger partial charge on any atom is 0.416 e. The van der Waals surface area contributed by atoms with Gasteiger partial charge in [0.1, 0.15) is 5.69 Å². The molecule has 0 spiro atoms. The molecule has 33 heavy (non-hydrogen) atoms. The van der Waals surface area contributed by atoms with Crippen LogP contribution in [0.25, 0.3) is 0 Å². The van der Waals surface area contributed by atoms with Crippen LogP contribution in [-0.4, -0.2) is 59.3 Å². The fraction of sp³-hybridized carbons (Fsp3) is 0.364. The first-order chi connectivity index (χ1) is 15.7. The second kappa shape index (κ2) is 9.34. The summed E-state index contributed by atoms with van der Waals surface area (Å²) in [5, 5.41) is 4.90. The van der Waals surface area contributed by atoms with Crippen LogP contribution in [0.5, 0.6) is 0 Å². The number of fused-ring (bicyclic) bond motifs is 1. The first kappa shape index (κ1) is 23.0. The number of halogens is 3. The zero-order chi connectivity index (χ0) is 23.6. The normalized spacial score (nSPS) is 17.7. The van der Waals surface area contributed by atoms with Crippen LogP contribution in [0.3, 0.4) is 0 Å². The lowest BCUT2D eigenvalue weighted by molar-refractivity contribution is -0.137. The van der Waals surface area contributed by atoms with Gasteiger partial charge in [0.15, 0.2) is 5.11 Å². The number of hydrogen-bond donors (Lipinski definition) is 1. The van der Waals surface area contributed by atoms with Crippen molar-refractivity contribution in [2.75, 3.05) is 42.5 Å². The second-order valence-corrected chi connectivity index (χ2v) is 8.18. The topological polar surface area (TPSA) is 64.1 Å². The summed E-state index contributed by atoms with van der Waals surface area (Å²) < 4.78 is 39.0. The quantitative estimate of drug-likeness (QED) is 0.530. The fourth-order valence-electron chi connectivity index (χ4n) is 3.96. The summed E-state index contributed by atoms with van der Waals surface area (Å²) in [6, 6.07) is 8.98. The van der Waals surface area contributed by atoms with E-state index < -0.39 is 11.7 Å². The lowest BCUT2D eigenvalue weighted by Gasteiger charge is -2.37. The third kappa shape index (κ3) is 5.08. The van der Waals surface area contributed by atoms with Gasteiger partial charge in [0.05, 0.1) is 17.0 Å². The number of nitrogens with one attached hydrogen (secondary N) is 1. The highest BCUT2D eigenvalue weighted by atomic mass is 32.1.